The molecule has 0 heterocycles. The van der Waals surface area contributed by atoms with Crippen LogP contribution in [0.15, 0.2) is 78.9 Å². The normalized spacial score (nSPS) is 14.4. The quantitative estimate of drug-likeness (QED) is 0.182. The first-order chi connectivity index (χ1) is 18.5. The van der Waals surface area contributed by atoms with Gasteiger partial charge in [-0.15, -0.1) is 0 Å². The summed E-state index contributed by atoms with van der Waals surface area (Å²) in [6.07, 6.45) is 9.59. The predicted octanol–water partition coefficient (Wildman–Crippen LogP) is 9.16. The standard InChI is InChI=1S/C35H48O3/c1-5-9-14-28(7-3)26-37-33-22-18-31(19-23-33)35(36,30-16-12-11-13-17-30)32-20-24-34(25-21-32)38-27-29(8-4)15-10-6-2/h11-13,16-25,28-29,36H,5-10,14-15,26-27H2,1-4H3. The van der Waals surface area contributed by atoms with Crippen LogP contribution < -0.4 is 9.47 Å². The van der Waals surface area contributed by atoms with Crippen molar-refractivity contribution in [3.05, 3.63) is 95.6 Å². The van der Waals surface area contributed by atoms with E-state index in [2.05, 4.69) is 27.7 Å². The van der Waals surface area contributed by atoms with Gasteiger partial charge in [0, 0.05) is 0 Å². The third-order valence-electron chi connectivity index (χ3n) is 7.79. The lowest BCUT2D eigenvalue weighted by Gasteiger charge is -2.30. The number of unbranched alkanes of at least 4 members (excludes halogenated alkanes) is 2. The van der Waals surface area contributed by atoms with Gasteiger partial charge in [0.1, 0.15) is 17.1 Å². The Balaban J connectivity index is 1.78. The van der Waals surface area contributed by atoms with Crippen LogP contribution in [-0.4, -0.2) is 18.3 Å². The maximum absolute atomic E-state index is 12.2. The molecule has 3 aromatic rings. The average molecular weight is 517 g/mol. The first-order valence-electron chi connectivity index (χ1n) is 14.8. The van der Waals surface area contributed by atoms with Crippen molar-refractivity contribution in [3.63, 3.8) is 0 Å². The van der Waals surface area contributed by atoms with Gasteiger partial charge in [-0.3, -0.25) is 0 Å². The van der Waals surface area contributed by atoms with Gasteiger partial charge in [0.15, 0.2) is 0 Å². The molecule has 0 aliphatic rings. The van der Waals surface area contributed by atoms with Crippen LogP contribution in [0.25, 0.3) is 0 Å². The molecule has 3 rings (SSSR count). The Morgan fingerprint density at radius 1 is 0.579 bits per heavy atom. The first-order valence-corrected chi connectivity index (χ1v) is 14.8. The fraction of sp³-hybridized carbons (Fsp3) is 0.486. The van der Waals surface area contributed by atoms with E-state index in [1.807, 2.05) is 78.9 Å². The van der Waals surface area contributed by atoms with Gasteiger partial charge in [0.2, 0.25) is 0 Å². The molecule has 3 heteroatoms. The lowest BCUT2D eigenvalue weighted by Crippen LogP contribution is -2.28. The highest BCUT2D eigenvalue weighted by Crippen LogP contribution is 2.38. The van der Waals surface area contributed by atoms with Crippen molar-refractivity contribution >= 4 is 0 Å². The predicted molar refractivity (Wildman–Crippen MR) is 159 cm³/mol. The van der Waals surface area contributed by atoms with Crippen LogP contribution in [0.3, 0.4) is 0 Å². The SMILES string of the molecule is CCCCC(CC)COc1ccc(C(O)(c2ccccc2)c2ccc(OCC(CC)CCCC)cc2)cc1. The second-order valence-corrected chi connectivity index (χ2v) is 10.6. The van der Waals surface area contributed by atoms with Gasteiger partial charge in [-0.05, 0) is 65.6 Å². The van der Waals surface area contributed by atoms with E-state index in [4.69, 9.17) is 9.47 Å². The molecule has 0 bridgehead atoms. The molecule has 38 heavy (non-hydrogen) atoms. The Bertz CT molecular complexity index is 964. The summed E-state index contributed by atoms with van der Waals surface area (Å²) in [5.74, 6) is 2.85. The Hall–Kier alpha value is -2.78. The van der Waals surface area contributed by atoms with Crippen molar-refractivity contribution in [1.29, 1.82) is 0 Å². The molecule has 0 radical (unpaired) electrons. The molecule has 206 valence electrons. The van der Waals surface area contributed by atoms with Crippen LogP contribution in [0, 0.1) is 11.8 Å². The fourth-order valence-electron chi connectivity index (χ4n) is 4.99. The zero-order valence-electron chi connectivity index (χ0n) is 24.0. The molecule has 0 aliphatic carbocycles. The van der Waals surface area contributed by atoms with E-state index in [0.29, 0.717) is 11.8 Å². The van der Waals surface area contributed by atoms with Crippen LogP contribution in [0.4, 0.5) is 0 Å². The lowest BCUT2D eigenvalue weighted by molar-refractivity contribution is 0.125. The van der Waals surface area contributed by atoms with Crippen LogP contribution in [-0.2, 0) is 5.60 Å². The van der Waals surface area contributed by atoms with E-state index in [1.54, 1.807) is 0 Å². The molecule has 2 atom stereocenters. The van der Waals surface area contributed by atoms with Crippen LogP contribution in [0.1, 0.15) is 95.8 Å². The third kappa shape index (κ3) is 8.11. The van der Waals surface area contributed by atoms with Gasteiger partial charge in [-0.25, -0.2) is 0 Å². The second kappa shape index (κ2) is 15.6. The number of hydrogen-bond acceptors (Lipinski definition) is 3. The summed E-state index contributed by atoms with van der Waals surface area (Å²) < 4.78 is 12.3. The molecule has 0 aromatic heterocycles. The summed E-state index contributed by atoms with van der Waals surface area (Å²) in [5.41, 5.74) is 1.18. The summed E-state index contributed by atoms with van der Waals surface area (Å²) in [6, 6.07) is 25.7. The van der Waals surface area contributed by atoms with Gasteiger partial charge in [-0.1, -0.05) is 121 Å². The van der Waals surface area contributed by atoms with E-state index in [0.717, 1.165) is 54.2 Å². The smallest absolute Gasteiger partial charge is 0.140 e. The highest BCUT2D eigenvalue weighted by molar-refractivity contribution is 5.49. The van der Waals surface area contributed by atoms with E-state index in [-0.39, 0.29) is 0 Å². The van der Waals surface area contributed by atoms with Crippen LogP contribution in [0.2, 0.25) is 0 Å². The van der Waals surface area contributed by atoms with E-state index in [1.165, 1.54) is 38.5 Å². The molecule has 0 amide bonds. The minimum Gasteiger partial charge on any atom is -0.493 e. The molecule has 1 N–H and O–H groups in total. The van der Waals surface area contributed by atoms with Gasteiger partial charge in [0.25, 0.3) is 0 Å². The maximum Gasteiger partial charge on any atom is 0.140 e. The number of hydrogen-bond donors (Lipinski definition) is 1. The van der Waals surface area contributed by atoms with Gasteiger partial charge in [-0.2, -0.15) is 0 Å². The Kier molecular flexibility index (Phi) is 12.2. The minimum absolute atomic E-state index is 0.580. The maximum atomic E-state index is 12.2. The van der Waals surface area contributed by atoms with Gasteiger partial charge < -0.3 is 14.6 Å². The van der Waals surface area contributed by atoms with Crippen molar-refractivity contribution in [2.45, 2.75) is 84.7 Å². The molecule has 0 fully saturated rings. The van der Waals surface area contributed by atoms with E-state index >= 15 is 0 Å². The van der Waals surface area contributed by atoms with Crippen molar-refractivity contribution < 1.29 is 14.6 Å². The third-order valence-corrected chi connectivity index (χ3v) is 7.79. The van der Waals surface area contributed by atoms with Crippen LogP contribution in [0.5, 0.6) is 11.5 Å². The van der Waals surface area contributed by atoms with Crippen molar-refractivity contribution in [3.8, 4) is 11.5 Å². The molecule has 0 saturated carbocycles. The van der Waals surface area contributed by atoms with E-state index < -0.39 is 5.60 Å². The van der Waals surface area contributed by atoms with Gasteiger partial charge >= 0.3 is 0 Å². The monoisotopic (exact) mass is 516 g/mol. The highest BCUT2D eigenvalue weighted by Gasteiger charge is 2.33. The second-order valence-electron chi connectivity index (χ2n) is 10.6. The zero-order chi connectivity index (χ0) is 27.2. The Morgan fingerprint density at radius 2 is 0.974 bits per heavy atom. The number of rotatable bonds is 17. The minimum atomic E-state index is -1.28. The summed E-state index contributed by atoms with van der Waals surface area (Å²) in [4.78, 5) is 0. The largest absolute Gasteiger partial charge is 0.493 e. The molecule has 0 spiro atoms. The molecule has 0 saturated heterocycles. The van der Waals surface area contributed by atoms with Gasteiger partial charge in [0.05, 0.1) is 13.2 Å². The summed E-state index contributed by atoms with van der Waals surface area (Å²) in [5, 5.41) is 12.2. The lowest BCUT2D eigenvalue weighted by atomic mass is 9.80. The summed E-state index contributed by atoms with van der Waals surface area (Å²) in [6.45, 7) is 10.4. The summed E-state index contributed by atoms with van der Waals surface area (Å²) in [7, 11) is 0. The molecule has 2 unspecified atom stereocenters. The van der Waals surface area contributed by atoms with E-state index in [9.17, 15) is 5.11 Å². The van der Waals surface area contributed by atoms with Crippen molar-refractivity contribution in [1.82, 2.24) is 0 Å². The Morgan fingerprint density at radius 3 is 1.34 bits per heavy atom. The molecule has 0 aliphatic heterocycles. The number of aliphatic hydroxyl groups is 1. The summed E-state index contributed by atoms with van der Waals surface area (Å²) >= 11 is 0. The highest BCUT2D eigenvalue weighted by atomic mass is 16.5. The van der Waals surface area contributed by atoms with Crippen LogP contribution >= 0.6 is 0 Å². The number of ether oxygens (including phenoxy) is 2. The molecule has 3 aromatic carbocycles. The average Bonchev–Trinajstić information content (AvgIpc) is 2.98. The molecule has 3 nitrogen and oxygen atoms in total. The molecular weight excluding hydrogens is 468 g/mol. The topological polar surface area (TPSA) is 38.7 Å². The van der Waals surface area contributed by atoms with Crippen molar-refractivity contribution in [2.75, 3.05) is 13.2 Å². The number of benzene rings is 3. The zero-order valence-corrected chi connectivity index (χ0v) is 24.0. The fourth-order valence-corrected chi connectivity index (χ4v) is 4.99. The van der Waals surface area contributed by atoms with Crippen molar-refractivity contribution in [2.24, 2.45) is 11.8 Å². The molecular formula is C35H48O3. The Labute approximate surface area is 231 Å². The first kappa shape index (κ1) is 29.8.